The Bertz CT molecular complexity index is 447. The zero-order valence-corrected chi connectivity index (χ0v) is 9.58. The molecule has 0 atom stereocenters. The lowest BCUT2D eigenvalue weighted by molar-refractivity contribution is 0.283. The minimum absolute atomic E-state index is 0.116. The van der Waals surface area contributed by atoms with Crippen LogP contribution in [0.2, 0.25) is 0 Å². The summed E-state index contributed by atoms with van der Waals surface area (Å²) < 4.78 is 2.32. The van der Waals surface area contributed by atoms with Crippen molar-refractivity contribution in [1.82, 2.24) is 0 Å². The van der Waals surface area contributed by atoms with Crippen molar-refractivity contribution in [3.63, 3.8) is 0 Å². The zero-order chi connectivity index (χ0) is 9.42. The summed E-state index contributed by atoms with van der Waals surface area (Å²) >= 11 is 5.22. The number of aryl methyl sites for hydroxylation is 1. The fraction of sp³-hybridized carbons (Fsp3) is 0.200. The van der Waals surface area contributed by atoms with Crippen LogP contribution >= 0.6 is 27.3 Å². The van der Waals surface area contributed by atoms with Crippen LogP contribution < -0.4 is 0 Å². The van der Waals surface area contributed by atoms with Gasteiger partial charge in [0.1, 0.15) is 0 Å². The lowest BCUT2D eigenvalue weighted by atomic mass is 10.1. The van der Waals surface area contributed by atoms with Crippen LogP contribution in [-0.4, -0.2) is 5.11 Å². The molecule has 0 aliphatic rings. The molecule has 1 aromatic carbocycles. The first-order chi connectivity index (χ1) is 6.24. The zero-order valence-electron chi connectivity index (χ0n) is 7.17. The molecular formula is C10H9BrOS. The van der Waals surface area contributed by atoms with Gasteiger partial charge in [-0.2, -0.15) is 0 Å². The topological polar surface area (TPSA) is 20.2 Å². The summed E-state index contributed by atoms with van der Waals surface area (Å²) in [6, 6.07) is 4.11. The number of halogens is 1. The van der Waals surface area contributed by atoms with Gasteiger partial charge in [-0.1, -0.05) is 6.07 Å². The summed E-state index contributed by atoms with van der Waals surface area (Å²) in [6.45, 7) is 2.16. The van der Waals surface area contributed by atoms with Crippen molar-refractivity contribution >= 4 is 37.4 Å². The maximum atomic E-state index is 9.16. The van der Waals surface area contributed by atoms with Crippen LogP contribution in [0.25, 0.3) is 10.1 Å². The molecule has 0 bridgehead atoms. The summed E-state index contributed by atoms with van der Waals surface area (Å²) in [7, 11) is 0. The van der Waals surface area contributed by atoms with Crippen molar-refractivity contribution in [3.05, 3.63) is 33.1 Å². The molecule has 0 saturated heterocycles. The molecule has 0 unspecified atom stereocenters. The van der Waals surface area contributed by atoms with Gasteiger partial charge >= 0.3 is 0 Å². The van der Waals surface area contributed by atoms with Gasteiger partial charge < -0.3 is 5.11 Å². The first-order valence-corrected chi connectivity index (χ1v) is 5.67. The average molecular weight is 257 g/mol. The van der Waals surface area contributed by atoms with E-state index >= 15 is 0 Å². The SMILES string of the molecule is Cc1cc(CO)c2sccc2c1Br. The van der Waals surface area contributed by atoms with Crippen LogP contribution in [0.5, 0.6) is 0 Å². The molecule has 1 heterocycles. The molecule has 0 aliphatic heterocycles. The molecule has 3 heteroatoms. The summed E-state index contributed by atoms with van der Waals surface area (Å²) in [5.41, 5.74) is 2.20. The van der Waals surface area contributed by atoms with Crippen molar-refractivity contribution in [2.24, 2.45) is 0 Å². The fourth-order valence-electron chi connectivity index (χ4n) is 1.45. The first kappa shape index (κ1) is 9.19. The second-order valence-electron chi connectivity index (χ2n) is 2.99. The average Bonchev–Trinajstić information content (AvgIpc) is 2.60. The highest BCUT2D eigenvalue weighted by atomic mass is 79.9. The van der Waals surface area contributed by atoms with Crippen LogP contribution in [0.15, 0.2) is 22.0 Å². The third kappa shape index (κ3) is 1.41. The van der Waals surface area contributed by atoms with Gasteiger partial charge in [0.15, 0.2) is 0 Å². The van der Waals surface area contributed by atoms with E-state index in [0.717, 1.165) is 10.0 Å². The fourth-order valence-corrected chi connectivity index (χ4v) is 2.94. The van der Waals surface area contributed by atoms with Crippen molar-refractivity contribution < 1.29 is 5.11 Å². The van der Waals surface area contributed by atoms with Gasteiger partial charge in [-0.15, -0.1) is 11.3 Å². The Morgan fingerprint density at radius 2 is 2.31 bits per heavy atom. The molecule has 1 N–H and O–H groups in total. The third-order valence-electron chi connectivity index (χ3n) is 2.10. The number of aliphatic hydroxyl groups is 1. The van der Waals surface area contributed by atoms with E-state index in [0.29, 0.717) is 0 Å². The molecule has 1 nitrogen and oxygen atoms in total. The van der Waals surface area contributed by atoms with Gasteiger partial charge in [-0.05, 0) is 45.4 Å². The molecule has 0 radical (unpaired) electrons. The molecule has 0 fully saturated rings. The summed E-state index contributed by atoms with van der Waals surface area (Å²) in [5, 5.41) is 12.4. The van der Waals surface area contributed by atoms with E-state index in [9.17, 15) is 0 Å². The Kier molecular flexibility index (Phi) is 2.41. The quantitative estimate of drug-likeness (QED) is 0.829. The summed E-state index contributed by atoms with van der Waals surface area (Å²) in [5.74, 6) is 0. The van der Waals surface area contributed by atoms with E-state index in [4.69, 9.17) is 5.11 Å². The Morgan fingerprint density at radius 3 is 3.00 bits per heavy atom. The van der Waals surface area contributed by atoms with Crippen molar-refractivity contribution in [1.29, 1.82) is 0 Å². The monoisotopic (exact) mass is 256 g/mol. The molecule has 2 rings (SSSR count). The number of benzene rings is 1. The molecule has 2 aromatic rings. The molecule has 68 valence electrons. The predicted octanol–water partition coefficient (Wildman–Crippen LogP) is 3.46. The third-order valence-corrected chi connectivity index (χ3v) is 4.14. The number of hydrogen-bond donors (Lipinski definition) is 1. The number of rotatable bonds is 1. The molecule has 13 heavy (non-hydrogen) atoms. The minimum Gasteiger partial charge on any atom is -0.392 e. The Balaban J connectivity index is 2.87. The van der Waals surface area contributed by atoms with Crippen LogP contribution in [-0.2, 0) is 6.61 Å². The molecule has 0 amide bonds. The molecular weight excluding hydrogens is 248 g/mol. The standard InChI is InChI=1S/C10H9BrOS/c1-6-4-7(5-12)10-8(9(6)11)2-3-13-10/h2-4,12H,5H2,1H3. The Morgan fingerprint density at radius 1 is 1.54 bits per heavy atom. The van der Waals surface area contributed by atoms with Crippen molar-refractivity contribution in [3.8, 4) is 0 Å². The maximum absolute atomic E-state index is 9.16. The van der Waals surface area contributed by atoms with Crippen molar-refractivity contribution in [2.45, 2.75) is 13.5 Å². The van der Waals surface area contributed by atoms with E-state index < -0.39 is 0 Å². The van der Waals surface area contributed by atoms with E-state index in [-0.39, 0.29) is 6.61 Å². The predicted molar refractivity (Wildman–Crippen MR) is 60.2 cm³/mol. The Labute approximate surface area is 89.1 Å². The van der Waals surface area contributed by atoms with Gasteiger partial charge in [-0.25, -0.2) is 0 Å². The van der Waals surface area contributed by atoms with Crippen molar-refractivity contribution in [2.75, 3.05) is 0 Å². The lowest BCUT2D eigenvalue weighted by Gasteiger charge is -2.04. The van der Waals surface area contributed by atoms with Gasteiger partial charge in [0.25, 0.3) is 0 Å². The van der Waals surface area contributed by atoms with Gasteiger partial charge in [-0.3, -0.25) is 0 Å². The van der Waals surface area contributed by atoms with Crippen LogP contribution in [0.1, 0.15) is 11.1 Å². The number of thiophene rings is 1. The highest BCUT2D eigenvalue weighted by molar-refractivity contribution is 9.10. The number of aliphatic hydroxyl groups excluding tert-OH is 1. The smallest absolute Gasteiger partial charge is 0.0695 e. The summed E-state index contributed by atoms with van der Waals surface area (Å²) in [4.78, 5) is 0. The van der Waals surface area contributed by atoms with E-state index in [1.165, 1.54) is 15.6 Å². The molecule has 0 aliphatic carbocycles. The van der Waals surface area contributed by atoms with Gasteiger partial charge in [0.2, 0.25) is 0 Å². The Hall–Kier alpha value is -0.380. The lowest BCUT2D eigenvalue weighted by Crippen LogP contribution is -1.86. The highest BCUT2D eigenvalue weighted by Gasteiger charge is 2.07. The van der Waals surface area contributed by atoms with E-state index in [1.54, 1.807) is 11.3 Å². The van der Waals surface area contributed by atoms with Crippen LogP contribution in [0.4, 0.5) is 0 Å². The van der Waals surface area contributed by atoms with E-state index in [1.807, 2.05) is 18.4 Å². The van der Waals surface area contributed by atoms with Crippen LogP contribution in [0, 0.1) is 6.92 Å². The number of fused-ring (bicyclic) bond motifs is 1. The largest absolute Gasteiger partial charge is 0.392 e. The second kappa shape index (κ2) is 3.40. The first-order valence-electron chi connectivity index (χ1n) is 4.00. The van der Waals surface area contributed by atoms with E-state index in [2.05, 4.69) is 22.0 Å². The van der Waals surface area contributed by atoms with Crippen LogP contribution in [0.3, 0.4) is 0 Å². The molecule has 1 aromatic heterocycles. The maximum Gasteiger partial charge on any atom is 0.0695 e. The minimum atomic E-state index is 0.116. The summed E-state index contributed by atoms with van der Waals surface area (Å²) in [6.07, 6.45) is 0. The highest BCUT2D eigenvalue weighted by Crippen LogP contribution is 2.33. The number of hydrogen-bond acceptors (Lipinski definition) is 2. The van der Waals surface area contributed by atoms with Gasteiger partial charge in [0, 0.05) is 14.6 Å². The molecule has 0 spiro atoms. The van der Waals surface area contributed by atoms with Gasteiger partial charge in [0.05, 0.1) is 6.61 Å². The second-order valence-corrected chi connectivity index (χ2v) is 4.70. The normalized spacial score (nSPS) is 11.0. The molecule has 0 saturated carbocycles.